The summed E-state index contributed by atoms with van der Waals surface area (Å²) in [5, 5.41) is 12.2. The second kappa shape index (κ2) is 6.85. The number of tetrazole rings is 1. The van der Waals surface area contributed by atoms with Gasteiger partial charge in [0.25, 0.3) is 0 Å². The third-order valence-electron chi connectivity index (χ3n) is 2.23. The fourth-order valence-corrected chi connectivity index (χ4v) is 2.16. The van der Waals surface area contributed by atoms with Crippen LogP contribution in [0.5, 0.6) is 5.75 Å². The van der Waals surface area contributed by atoms with E-state index in [0.717, 1.165) is 0 Å². The molecule has 2 aromatic rings. The van der Waals surface area contributed by atoms with E-state index < -0.39 is 5.97 Å². The van der Waals surface area contributed by atoms with E-state index in [1.807, 2.05) is 13.0 Å². The normalized spacial score (nSPS) is 10.3. The molecule has 20 heavy (non-hydrogen) atoms. The Bertz CT molecular complexity index is 589. The van der Waals surface area contributed by atoms with Gasteiger partial charge >= 0.3 is 5.97 Å². The molecular formula is C11H13N5O3S. The molecule has 8 nitrogen and oxygen atoms in total. The Morgan fingerprint density at radius 3 is 3.10 bits per heavy atom. The van der Waals surface area contributed by atoms with Crippen molar-refractivity contribution < 1.29 is 14.3 Å². The summed E-state index contributed by atoms with van der Waals surface area (Å²) in [6, 6.07) is 3.60. The Labute approximate surface area is 119 Å². The number of pyridine rings is 1. The third-order valence-corrected chi connectivity index (χ3v) is 3.20. The third kappa shape index (κ3) is 3.44. The molecule has 2 aromatic heterocycles. The zero-order valence-corrected chi connectivity index (χ0v) is 11.8. The van der Waals surface area contributed by atoms with E-state index in [4.69, 9.17) is 4.74 Å². The zero-order valence-electron chi connectivity index (χ0n) is 11.0. The summed E-state index contributed by atoms with van der Waals surface area (Å²) in [4.78, 5) is 15.5. The molecule has 0 unspecified atom stereocenters. The smallest absolute Gasteiger partial charge is 0.327 e. The van der Waals surface area contributed by atoms with Gasteiger partial charge in [-0.1, -0.05) is 0 Å². The molecule has 0 saturated heterocycles. The first kappa shape index (κ1) is 14.3. The maximum absolute atomic E-state index is 11.3. The minimum absolute atomic E-state index is 0.0529. The Balaban J connectivity index is 2.18. The van der Waals surface area contributed by atoms with Crippen LogP contribution in [-0.2, 0) is 16.1 Å². The summed E-state index contributed by atoms with van der Waals surface area (Å²) in [5.41, 5.74) is 0. The number of hydrogen-bond acceptors (Lipinski definition) is 8. The lowest BCUT2D eigenvalue weighted by atomic mass is 10.5. The van der Waals surface area contributed by atoms with Crippen LogP contribution in [0.4, 0.5) is 0 Å². The molecule has 0 bridgehead atoms. The van der Waals surface area contributed by atoms with Crippen LogP contribution in [0.15, 0.2) is 28.5 Å². The topological polar surface area (TPSA) is 92.0 Å². The van der Waals surface area contributed by atoms with Crippen LogP contribution in [0.1, 0.15) is 6.92 Å². The van der Waals surface area contributed by atoms with Gasteiger partial charge < -0.3 is 9.47 Å². The number of esters is 1. The highest BCUT2D eigenvalue weighted by atomic mass is 32.2. The van der Waals surface area contributed by atoms with Crippen molar-refractivity contribution in [3.8, 4) is 5.75 Å². The molecule has 0 N–H and O–H groups in total. The van der Waals surface area contributed by atoms with E-state index in [1.165, 1.54) is 23.6 Å². The lowest BCUT2D eigenvalue weighted by Crippen LogP contribution is -2.13. The molecule has 0 aromatic carbocycles. The fraction of sp³-hybridized carbons (Fsp3) is 0.364. The maximum atomic E-state index is 11.3. The summed E-state index contributed by atoms with van der Waals surface area (Å²) >= 11 is 1.22. The van der Waals surface area contributed by atoms with Gasteiger partial charge in [-0.15, -0.1) is 5.10 Å². The van der Waals surface area contributed by atoms with Crippen molar-refractivity contribution in [2.24, 2.45) is 0 Å². The molecule has 9 heteroatoms. The van der Waals surface area contributed by atoms with Crippen LogP contribution in [0.25, 0.3) is 0 Å². The molecule has 0 fully saturated rings. The van der Waals surface area contributed by atoms with Crippen LogP contribution in [0.2, 0.25) is 0 Å². The van der Waals surface area contributed by atoms with Crippen molar-refractivity contribution in [1.29, 1.82) is 0 Å². The quantitative estimate of drug-likeness (QED) is 0.722. The molecule has 0 spiro atoms. The average Bonchev–Trinajstić information content (AvgIpc) is 2.88. The fourth-order valence-electron chi connectivity index (χ4n) is 1.36. The van der Waals surface area contributed by atoms with Crippen molar-refractivity contribution in [1.82, 2.24) is 25.2 Å². The van der Waals surface area contributed by atoms with Gasteiger partial charge in [-0.05, 0) is 41.2 Å². The molecule has 0 aliphatic heterocycles. The largest absolute Gasteiger partial charge is 0.491 e. The first-order chi connectivity index (χ1) is 9.74. The second-order valence-electron chi connectivity index (χ2n) is 3.54. The van der Waals surface area contributed by atoms with E-state index in [0.29, 0.717) is 22.5 Å². The number of nitrogens with zero attached hydrogens (tertiary/aromatic N) is 5. The van der Waals surface area contributed by atoms with Gasteiger partial charge in [-0.3, -0.25) is 4.79 Å². The maximum Gasteiger partial charge on any atom is 0.327 e. The van der Waals surface area contributed by atoms with Gasteiger partial charge in [-0.2, -0.15) is 0 Å². The second-order valence-corrected chi connectivity index (χ2v) is 4.49. The van der Waals surface area contributed by atoms with E-state index >= 15 is 0 Å². The Kier molecular flexibility index (Phi) is 4.88. The average molecular weight is 295 g/mol. The molecule has 0 aliphatic carbocycles. The Morgan fingerprint density at radius 2 is 2.35 bits per heavy atom. The molecule has 0 atom stereocenters. The van der Waals surface area contributed by atoms with Gasteiger partial charge in [0, 0.05) is 6.20 Å². The van der Waals surface area contributed by atoms with Crippen LogP contribution >= 0.6 is 11.8 Å². The van der Waals surface area contributed by atoms with Crippen LogP contribution < -0.4 is 4.74 Å². The van der Waals surface area contributed by atoms with Crippen LogP contribution in [0.3, 0.4) is 0 Å². The van der Waals surface area contributed by atoms with Gasteiger partial charge in [0.05, 0.1) is 13.7 Å². The lowest BCUT2D eigenvalue weighted by molar-refractivity contribution is -0.141. The van der Waals surface area contributed by atoms with Gasteiger partial charge in [0.2, 0.25) is 5.16 Å². The summed E-state index contributed by atoms with van der Waals surface area (Å²) in [6.45, 7) is 2.37. The van der Waals surface area contributed by atoms with Crippen molar-refractivity contribution in [2.45, 2.75) is 23.7 Å². The number of carbonyl (C=O) groups excluding carboxylic acids is 1. The van der Waals surface area contributed by atoms with Gasteiger partial charge in [0.15, 0.2) is 5.75 Å². The minimum atomic E-state index is -0.426. The number of methoxy groups -OCH3 is 1. The number of rotatable bonds is 6. The number of ether oxygens (including phenoxy) is 2. The molecule has 0 saturated carbocycles. The van der Waals surface area contributed by atoms with Crippen molar-refractivity contribution in [3.63, 3.8) is 0 Å². The van der Waals surface area contributed by atoms with Crippen molar-refractivity contribution in [2.75, 3.05) is 13.7 Å². The summed E-state index contributed by atoms with van der Waals surface area (Å²) in [5.74, 6) is 0.220. The van der Waals surface area contributed by atoms with Gasteiger partial charge in [0.1, 0.15) is 11.6 Å². The molecule has 106 valence electrons. The van der Waals surface area contributed by atoms with E-state index in [2.05, 4.69) is 25.2 Å². The summed E-state index contributed by atoms with van der Waals surface area (Å²) in [6.07, 6.45) is 1.65. The van der Waals surface area contributed by atoms with E-state index in [1.54, 1.807) is 12.3 Å². The molecule has 0 amide bonds. The number of aromatic nitrogens is 5. The molecular weight excluding hydrogens is 282 g/mol. The van der Waals surface area contributed by atoms with Crippen LogP contribution in [0, 0.1) is 0 Å². The lowest BCUT2D eigenvalue weighted by Gasteiger charge is -2.07. The zero-order chi connectivity index (χ0) is 14.4. The first-order valence-electron chi connectivity index (χ1n) is 5.83. The molecule has 0 radical (unpaired) electrons. The summed E-state index contributed by atoms with van der Waals surface area (Å²) < 4.78 is 11.4. The van der Waals surface area contributed by atoms with E-state index in [9.17, 15) is 4.79 Å². The Morgan fingerprint density at radius 1 is 1.50 bits per heavy atom. The SMILES string of the molecule is CCOc1cccnc1Sc1nnnn1CC(=O)OC. The predicted molar refractivity (Wildman–Crippen MR) is 69.4 cm³/mol. The van der Waals surface area contributed by atoms with Crippen molar-refractivity contribution in [3.05, 3.63) is 18.3 Å². The number of hydrogen-bond donors (Lipinski definition) is 0. The summed E-state index contributed by atoms with van der Waals surface area (Å²) in [7, 11) is 1.31. The molecule has 2 heterocycles. The monoisotopic (exact) mass is 295 g/mol. The standard InChI is InChI=1S/C11H13N5O3S/c1-3-19-8-5-4-6-12-10(8)20-11-13-14-15-16(11)7-9(17)18-2/h4-6H,3,7H2,1-2H3. The predicted octanol–water partition coefficient (Wildman–Crippen LogP) is 0.791. The minimum Gasteiger partial charge on any atom is -0.491 e. The highest BCUT2D eigenvalue weighted by molar-refractivity contribution is 7.99. The Hall–Kier alpha value is -2.16. The van der Waals surface area contributed by atoms with Crippen molar-refractivity contribution >= 4 is 17.7 Å². The molecule has 2 rings (SSSR count). The van der Waals surface area contributed by atoms with E-state index in [-0.39, 0.29) is 6.54 Å². The van der Waals surface area contributed by atoms with Gasteiger partial charge in [-0.25, -0.2) is 9.67 Å². The molecule has 0 aliphatic rings. The highest BCUT2D eigenvalue weighted by Crippen LogP contribution is 2.31. The highest BCUT2D eigenvalue weighted by Gasteiger charge is 2.15. The van der Waals surface area contributed by atoms with Crippen LogP contribution in [-0.4, -0.2) is 44.9 Å². The number of carbonyl (C=O) groups is 1. The first-order valence-corrected chi connectivity index (χ1v) is 6.65.